The average molecular weight is 285 g/mol. The molecular weight excluding hydrogens is 270 g/mol. The summed E-state index contributed by atoms with van der Waals surface area (Å²) in [6.07, 6.45) is 0. The second kappa shape index (κ2) is 5.86. The van der Waals surface area contributed by atoms with Crippen molar-refractivity contribution in [1.82, 2.24) is 9.71 Å². The number of aromatic amines is 1. The van der Waals surface area contributed by atoms with Gasteiger partial charge in [0.25, 0.3) is 0 Å². The molecule has 0 saturated heterocycles. The van der Waals surface area contributed by atoms with Crippen molar-refractivity contribution >= 4 is 16.0 Å². The van der Waals surface area contributed by atoms with Crippen LogP contribution in [0.4, 0.5) is 0 Å². The number of nitrogens with zero attached hydrogens (tertiary/aromatic N) is 1. The molecular formula is C11H15N3O4S. The van der Waals surface area contributed by atoms with E-state index in [2.05, 4.69) is 9.71 Å². The maximum absolute atomic E-state index is 12.0. The highest BCUT2D eigenvalue weighted by atomic mass is 32.2. The van der Waals surface area contributed by atoms with E-state index in [1.54, 1.807) is 13.0 Å². The van der Waals surface area contributed by atoms with Crippen molar-refractivity contribution in [3.63, 3.8) is 0 Å². The van der Waals surface area contributed by atoms with Crippen LogP contribution in [0.3, 0.4) is 0 Å². The fourth-order valence-electron chi connectivity index (χ4n) is 1.74. The van der Waals surface area contributed by atoms with Gasteiger partial charge >= 0.3 is 5.97 Å². The molecule has 0 aromatic carbocycles. The predicted octanol–water partition coefficient (Wildman–Crippen LogP) is 0.610. The first-order valence-corrected chi connectivity index (χ1v) is 7.06. The van der Waals surface area contributed by atoms with E-state index in [9.17, 15) is 13.2 Å². The summed E-state index contributed by atoms with van der Waals surface area (Å²) >= 11 is 0. The van der Waals surface area contributed by atoms with Crippen molar-refractivity contribution in [2.24, 2.45) is 0 Å². The van der Waals surface area contributed by atoms with Crippen molar-refractivity contribution in [2.45, 2.75) is 25.7 Å². The summed E-state index contributed by atoms with van der Waals surface area (Å²) in [6, 6.07) is 1.69. The normalized spacial score (nSPS) is 11.1. The molecule has 0 bridgehead atoms. The van der Waals surface area contributed by atoms with Crippen LogP contribution in [0.5, 0.6) is 0 Å². The number of hydrogen-bond donors (Lipinski definition) is 2. The lowest BCUT2D eigenvalue weighted by molar-refractivity contribution is 0.0519. The van der Waals surface area contributed by atoms with Crippen LogP contribution in [-0.4, -0.2) is 32.5 Å². The van der Waals surface area contributed by atoms with Gasteiger partial charge in [-0.3, -0.25) is 0 Å². The first-order chi connectivity index (χ1) is 8.85. The minimum absolute atomic E-state index is 0.0224. The highest BCUT2D eigenvalue weighted by Crippen LogP contribution is 2.23. The van der Waals surface area contributed by atoms with Crippen molar-refractivity contribution in [2.75, 3.05) is 13.2 Å². The van der Waals surface area contributed by atoms with Crippen LogP contribution in [0.2, 0.25) is 0 Å². The maximum atomic E-state index is 12.0. The Hall–Kier alpha value is -1.85. The minimum Gasteiger partial charge on any atom is -0.461 e. The molecule has 0 aliphatic rings. The number of carbonyl (C=O) groups excluding carboxylic acids is 1. The standard InChI is InChI=1S/C11H15N3O4S/c1-4-18-11(15)9-7(2)10(8(3)14-9)19(16,17)13-6-5-12/h13-14H,4,6H2,1-3H3. The van der Waals surface area contributed by atoms with Crippen LogP contribution < -0.4 is 4.72 Å². The predicted molar refractivity (Wildman–Crippen MR) is 67.0 cm³/mol. The average Bonchev–Trinajstić information content (AvgIpc) is 2.63. The highest BCUT2D eigenvalue weighted by Gasteiger charge is 2.26. The van der Waals surface area contributed by atoms with Crippen molar-refractivity contribution in [3.05, 3.63) is 17.0 Å². The minimum atomic E-state index is -3.82. The molecule has 1 aromatic rings. The fourth-order valence-corrected chi connectivity index (χ4v) is 3.10. The number of H-pyrrole nitrogens is 1. The summed E-state index contributed by atoms with van der Waals surface area (Å²) in [4.78, 5) is 14.3. The second-order valence-electron chi connectivity index (χ2n) is 3.78. The molecule has 0 aliphatic heterocycles. The van der Waals surface area contributed by atoms with E-state index in [-0.39, 0.29) is 29.3 Å². The molecule has 2 N–H and O–H groups in total. The molecule has 0 fully saturated rings. The maximum Gasteiger partial charge on any atom is 0.355 e. The summed E-state index contributed by atoms with van der Waals surface area (Å²) in [5.74, 6) is -0.607. The summed E-state index contributed by atoms with van der Waals surface area (Å²) < 4.78 is 30.9. The van der Waals surface area contributed by atoms with Gasteiger partial charge in [-0.1, -0.05) is 0 Å². The van der Waals surface area contributed by atoms with Gasteiger partial charge in [0, 0.05) is 11.3 Å². The van der Waals surface area contributed by atoms with Crippen LogP contribution in [0.25, 0.3) is 0 Å². The third kappa shape index (κ3) is 3.13. The van der Waals surface area contributed by atoms with Crippen LogP contribution in [-0.2, 0) is 14.8 Å². The Labute approximate surface area is 111 Å². The lowest BCUT2D eigenvalue weighted by Gasteiger charge is -2.04. The number of hydrogen-bond acceptors (Lipinski definition) is 5. The number of esters is 1. The number of sulfonamides is 1. The first-order valence-electron chi connectivity index (χ1n) is 5.58. The van der Waals surface area contributed by atoms with Gasteiger partial charge < -0.3 is 9.72 Å². The third-order valence-corrected chi connectivity index (χ3v) is 4.13. The Bertz CT molecular complexity index is 625. The lowest BCUT2D eigenvalue weighted by Crippen LogP contribution is -2.25. The van der Waals surface area contributed by atoms with E-state index >= 15 is 0 Å². The summed E-state index contributed by atoms with van der Waals surface area (Å²) in [5, 5.41) is 8.42. The van der Waals surface area contributed by atoms with Gasteiger partial charge in [-0.2, -0.15) is 9.98 Å². The van der Waals surface area contributed by atoms with Gasteiger partial charge in [0.15, 0.2) is 0 Å². The molecule has 19 heavy (non-hydrogen) atoms. The van der Waals surface area contributed by atoms with Crippen LogP contribution in [0.15, 0.2) is 4.90 Å². The number of nitriles is 1. The molecule has 1 aromatic heterocycles. The fraction of sp³-hybridized carbons (Fsp3) is 0.455. The van der Waals surface area contributed by atoms with E-state index in [1.165, 1.54) is 13.8 Å². The Morgan fingerprint density at radius 1 is 1.47 bits per heavy atom. The smallest absolute Gasteiger partial charge is 0.355 e. The zero-order valence-electron chi connectivity index (χ0n) is 10.9. The van der Waals surface area contributed by atoms with Gasteiger partial charge in [0.05, 0.1) is 19.2 Å². The zero-order chi connectivity index (χ0) is 14.6. The van der Waals surface area contributed by atoms with Crippen molar-refractivity contribution in [1.29, 1.82) is 5.26 Å². The van der Waals surface area contributed by atoms with Gasteiger partial charge in [-0.15, -0.1) is 0 Å². The number of ether oxygens (including phenoxy) is 1. The molecule has 104 valence electrons. The largest absolute Gasteiger partial charge is 0.461 e. The van der Waals surface area contributed by atoms with Gasteiger partial charge in [-0.05, 0) is 20.8 Å². The molecule has 1 rings (SSSR count). The number of carbonyl (C=O) groups is 1. The topological polar surface area (TPSA) is 112 Å². The molecule has 7 nitrogen and oxygen atoms in total. The molecule has 0 unspecified atom stereocenters. The number of rotatable bonds is 5. The first kappa shape index (κ1) is 15.2. The van der Waals surface area contributed by atoms with E-state index in [0.717, 1.165) is 0 Å². The lowest BCUT2D eigenvalue weighted by atomic mass is 10.2. The Balaban J connectivity index is 3.25. The molecule has 0 saturated carbocycles. The number of aryl methyl sites for hydroxylation is 1. The molecule has 0 radical (unpaired) electrons. The molecule has 0 amide bonds. The van der Waals surface area contributed by atoms with E-state index < -0.39 is 16.0 Å². The molecule has 0 spiro atoms. The van der Waals surface area contributed by atoms with E-state index in [0.29, 0.717) is 5.69 Å². The van der Waals surface area contributed by atoms with Gasteiger partial charge in [-0.25, -0.2) is 13.2 Å². The van der Waals surface area contributed by atoms with Gasteiger partial charge in [0.2, 0.25) is 10.0 Å². The van der Waals surface area contributed by atoms with Crippen LogP contribution in [0.1, 0.15) is 28.7 Å². The second-order valence-corrected chi connectivity index (χ2v) is 5.49. The third-order valence-electron chi connectivity index (χ3n) is 2.46. The zero-order valence-corrected chi connectivity index (χ0v) is 11.7. The van der Waals surface area contributed by atoms with Crippen molar-refractivity contribution < 1.29 is 17.9 Å². The van der Waals surface area contributed by atoms with E-state index in [4.69, 9.17) is 10.00 Å². The molecule has 1 heterocycles. The summed E-state index contributed by atoms with van der Waals surface area (Å²) in [5.41, 5.74) is 0.712. The number of nitrogens with one attached hydrogen (secondary N) is 2. The molecule has 8 heteroatoms. The summed E-state index contributed by atoms with van der Waals surface area (Å²) in [6.45, 7) is 4.58. The molecule has 0 aliphatic carbocycles. The van der Waals surface area contributed by atoms with Crippen LogP contribution in [0, 0.1) is 25.2 Å². The number of aromatic nitrogens is 1. The highest BCUT2D eigenvalue weighted by molar-refractivity contribution is 7.89. The molecule has 0 atom stereocenters. The Morgan fingerprint density at radius 2 is 2.11 bits per heavy atom. The quantitative estimate of drug-likeness (QED) is 0.608. The summed E-state index contributed by atoms with van der Waals surface area (Å²) in [7, 11) is -3.82. The SMILES string of the molecule is CCOC(=O)c1[nH]c(C)c(S(=O)(=O)NCC#N)c1C. The van der Waals surface area contributed by atoms with E-state index in [1.807, 2.05) is 0 Å². The Kier molecular flexibility index (Phi) is 4.69. The monoisotopic (exact) mass is 285 g/mol. The van der Waals surface area contributed by atoms with Gasteiger partial charge in [0.1, 0.15) is 10.6 Å². The Morgan fingerprint density at radius 3 is 2.63 bits per heavy atom. The van der Waals surface area contributed by atoms with Crippen LogP contribution >= 0.6 is 0 Å². The van der Waals surface area contributed by atoms with Crippen molar-refractivity contribution in [3.8, 4) is 6.07 Å².